The highest BCUT2D eigenvalue weighted by Crippen LogP contribution is 2.37. The number of carboxylic acid groups (broad SMARTS) is 1. The van der Waals surface area contributed by atoms with Gasteiger partial charge in [0, 0.05) is 23.6 Å². The number of hydrogen-bond donors (Lipinski definition) is 2. The molecule has 4 N–H and O–H groups in total. The van der Waals surface area contributed by atoms with E-state index in [-0.39, 0.29) is 28.4 Å². The number of carbonyl (C=O) groups is 1. The van der Waals surface area contributed by atoms with Crippen molar-refractivity contribution in [3.8, 4) is 39.9 Å². The molecule has 4 aromatic rings. The van der Waals surface area contributed by atoms with E-state index >= 15 is 0 Å². The summed E-state index contributed by atoms with van der Waals surface area (Å²) in [7, 11) is 0. The number of unbranched alkanes of at least 4 members (excludes halogenated alkanes) is 1. The lowest BCUT2D eigenvalue weighted by Gasteiger charge is -2.17. The average Bonchev–Trinajstić information content (AvgIpc) is 2.97. The third kappa shape index (κ3) is 8.01. The van der Waals surface area contributed by atoms with Gasteiger partial charge in [-0.3, -0.25) is 0 Å². The number of para-hydroxylation sites is 1. The maximum absolute atomic E-state index is 13.3. The van der Waals surface area contributed by atoms with Crippen LogP contribution in [0.5, 0.6) is 28.7 Å². The van der Waals surface area contributed by atoms with Gasteiger partial charge in [0.1, 0.15) is 40.1 Å². The summed E-state index contributed by atoms with van der Waals surface area (Å²) in [6, 6.07) is 21.6. The van der Waals surface area contributed by atoms with Gasteiger partial charge in [-0.25, -0.2) is 9.18 Å². The molecule has 0 heterocycles. The number of halogens is 1. The van der Waals surface area contributed by atoms with Crippen LogP contribution in [0.3, 0.4) is 0 Å². The molecular formula is C34H37FO7. The normalized spacial score (nSPS) is 10.5. The van der Waals surface area contributed by atoms with Crippen LogP contribution in [0, 0.1) is 5.82 Å². The average molecular weight is 577 g/mol. The van der Waals surface area contributed by atoms with Crippen molar-refractivity contribution in [2.24, 2.45) is 0 Å². The molecule has 8 heteroatoms. The lowest BCUT2D eigenvalue weighted by molar-refractivity contribution is 0.0694. The minimum absolute atomic E-state index is 0. The van der Waals surface area contributed by atoms with E-state index in [0.717, 1.165) is 36.0 Å². The first-order valence-corrected chi connectivity index (χ1v) is 13.9. The van der Waals surface area contributed by atoms with Crippen LogP contribution >= 0.6 is 0 Å². The number of benzene rings is 4. The van der Waals surface area contributed by atoms with Crippen LogP contribution in [0.4, 0.5) is 4.39 Å². The lowest BCUT2D eigenvalue weighted by Crippen LogP contribution is -2.08. The van der Waals surface area contributed by atoms with Gasteiger partial charge >= 0.3 is 5.97 Å². The molecule has 0 saturated carbocycles. The molecule has 4 aromatic carbocycles. The summed E-state index contributed by atoms with van der Waals surface area (Å²) in [4.78, 5) is 11.7. The molecule has 0 fully saturated rings. The largest absolute Gasteiger partial charge is 0.507 e. The second-order valence-corrected chi connectivity index (χ2v) is 9.63. The Morgan fingerprint density at radius 2 is 1.48 bits per heavy atom. The van der Waals surface area contributed by atoms with Crippen LogP contribution in [0.1, 0.15) is 54.6 Å². The predicted octanol–water partition coefficient (Wildman–Crippen LogP) is 7.62. The first kappa shape index (κ1) is 32.0. The molecule has 0 unspecified atom stereocenters. The van der Waals surface area contributed by atoms with Gasteiger partial charge in [-0.1, -0.05) is 50.6 Å². The molecule has 0 atom stereocenters. The van der Waals surface area contributed by atoms with E-state index in [1.54, 1.807) is 36.4 Å². The topological polar surface area (TPSA) is 117 Å². The van der Waals surface area contributed by atoms with Crippen molar-refractivity contribution < 1.29 is 39.1 Å². The Balaban J connectivity index is 0.00000484. The van der Waals surface area contributed by atoms with Crippen LogP contribution in [0.15, 0.2) is 78.9 Å². The highest BCUT2D eigenvalue weighted by molar-refractivity contribution is 5.91. The highest BCUT2D eigenvalue weighted by atomic mass is 19.1. The molecule has 7 nitrogen and oxygen atoms in total. The van der Waals surface area contributed by atoms with Gasteiger partial charge in [-0.2, -0.15) is 0 Å². The molecule has 0 bridgehead atoms. The van der Waals surface area contributed by atoms with Crippen LogP contribution in [-0.4, -0.2) is 34.9 Å². The minimum Gasteiger partial charge on any atom is -0.507 e. The standard InChI is InChI=1S/C34H35FO6.H2O/c1-3-5-10-26-30(13-8-14-31(26)41-32-12-7-6-11-27(32)34(37)38)39-19-9-20-40-33-22-29(36)28(21-23(33)4-2)24-15-17-25(35)18-16-24;/h6-8,11-18,21-22,36H,3-5,9-10,19-20H2,1-2H3,(H,37,38);1H2. The van der Waals surface area contributed by atoms with Crippen molar-refractivity contribution in [2.45, 2.75) is 46.0 Å². The van der Waals surface area contributed by atoms with Crippen molar-refractivity contribution in [3.05, 3.63) is 101 Å². The molecule has 222 valence electrons. The number of aromatic hydroxyl groups is 1. The summed E-state index contributed by atoms with van der Waals surface area (Å²) in [5.41, 5.74) is 3.29. The van der Waals surface area contributed by atoms with E-state index in [2.05, 4.69) is 6.92 Å². The molecule has 0 saturated heterocycles. The Kier molecular flexibility index (Phi) is 11.8. The fourth-order valence-corrected chi connectivity index (χ4v) is 4.54. The first-order valence-electron chi connectivity index (χ1n) is 13.9. The van der Waals surface area contributed by atoms with Crippen molar-refractivity contribution in [2.75, 3.05) is 13.2 Å². The van der Waals surface area contributed by atoms with Gasteiger partial charge < -0.3 is 29.9 Å². The van der Waals surface area contributed by atoms with Gasteiger partial charge in [-0.05, 0) is 72.9 Å². The van der Waals surface area contributed by atoms with E-state index in [9.17, 15) is 19.4 Å². The van der Waals surface area contributed by atoms with Crippen molar-refractivity contribution in [1.29, 1.82) is 0 Å². The number of carboxylic acids is 1. The number of ether oxygens (including phenoxy) is 3. The summed E-state index contributed by atoms with van der Waals surface area (Å²) in [5, 5.41) is 20.2. The SMILES string of the molecule is CCCCc1c(OCCCOc2cc(O)c(-c3ccc(F)cc3)cc2CC)cccc1Oc1ccccc1C(=O)O.O. The fourth-order valence-electron chi connectivity index (χ4n) is 4.54. The van der Waals surface area contributed by atoms with Crippen LogP contribution in [-0.2, 0) is 12.8 Å². The third-order valence-electron chi connectivity index (χ3n) is 6.73. The summed E-state index contributed by atoms with van der Waals surface area (Å²) in [5.74, 6) is 0.848. The van der Waals surface area contributed by atoms with E-state index in [0.29, 0.717) is 48.9 Å². The van der Waals surface area contributed by atoms with E-state index < -0.39 is 5.97 Å². The van der Waals surface area contributed by atoms with Crippen molar-refractivity contribution in [1.82, 2.24) is 0 Å². The Morgan fingerprint density at radius 3 is 2.17 bits per heavy atom. The van der Waals surface area contributed by atoms with Gasteiger partial charge in [0.25, 0.3) is 0 Å². The quantitative estimate of drug-likeness (QED) is 0.149. The summed E-state index contributed by atoms with van der Waals surface area (Å²) in [6.45, 7) is 4.90. The second-order valence-electron chi connectivity index (χ2n) is 9.63. The first-order chi connectivity index (χ1) is 19.9. The van der Waals surface area contributed by atoms with E-state index in [4.69, 9.17) is 14.2 Å². The zero-order valence-corrected chi connectivity index (χ0v) is 23.9. The molecule has 0 aliphatic heterocycles. The van der Waals surface area contributed by atoms with E-state index in [1.165, 1.54) is 18.2 Å². The number of hydrogen-bond acceptors (Lipinski definition) is 5. The number of phenols is 1. The molecule has 0 amide bonds. The van der Waals surface area contributed by atoms with Crippen LogP contribution < -0.4 is 14.2 Å². The number of phenolic OH excluding ortho intramolecular Hbond substituents is 1. The van der Waals surface area contributed by atoms with Gasteiger partial charge in [-0.15, -0.1) is 0 Å². The lowest BCUT2D eigenvalue weighted by atomic mass is 10.00. The number of aryl methyl sites for hydroxylation is 1. The number of aromatic carboxylic acids is 1. The summed E-state index contributed by atoms with van der Waals surface area (Å²) >= 11 is 0. The Labute approximate surface area is 245 Å². The zero-order chi connectivity index (χ0) is 29.2. The summed E-state index contributed by atoms with van der Waals surface area (Å²) in [6.07, 6.45) is 3.95. The molecule has 42 heavy (non-hydrogen) atoms. The van der Waals surface area contributed by atoms with Gasteiger partial charge in [0.15, 0.2) is 0 Å². The highest BCUT2D eigenvalue weighted by Gasteiger charge is 2.16. The molecule has 0 aliphatic rings. The molecule has 0 radical (unpaired) electrons. The smallest absolute Gasteiger partial charge is 0.339 e. The molecular weight excluding hydrogens is 539 g/mol. The van der Waals surface area contributed by atoms with Crippen molar-refractivity contribution in [3.63, 3.8) is 0 Å². The Bertz CT molecular complexity index is 1470. The fraction of sp³-hybridized carbons (Fsp3) is 0.265. The molecule has 0 spiro atoms. The Morgan fingerprint density at radius 1 is 0.810 bits per heavy atom. The zero-order valence-electron chi connectivity index (χ0n) is 23.9. The summed E-state index contributed by atoms with van der Waals surface area (Å²) < 4.78 is 31.6. The monoisotopic (exact) mass is 576 g/mol. The molecule has 0 aromatic heterocycles. The van der Waals surface area contributed by atoms with E-state index in [1.807, 2.05) is 31.2 Å². The Hall–Kier alpha value is -4.56. The second kappa shape index (κ2) is 15.4. The molecule has 4 rings (SSSR count). The van der Waals surface area contributed by atoms with Gasteiger partial charge in [0.05, 0.1) is 13.2 Å². The maximum atomic E-state index is 13.3. The van der Waals surface area contributed by atoms with Crippen LogP contribution in [0.2, 0.25) is 0 Å². The molecule has 0 aliphatic carbocycles. The van der Waals surface area contributed by atoms with Gasteiger partial charge in [0.2, 0.25) is 0 Å². The maximum Gasteiger partial charge on any atom is 0.339 e. The van der Waals surface area contributed by atoms with Crippen LogP contribution in [0.25, 0.3) is 11.1 Å². The van der Waals surface area contributed by atoms with Crippen molar-refractivity contribution >= 4 is 5.97 Å². The predicted molar refractivity (Wildman–Crippen MR) is 161 cm³/mol. The number of rotatable bonds is 14. The minimum atomic E-state index is -1.05. The third-order valence-corrected chi connectivity index (χ3v) is 6.73.